The van der Waals surface area contributed by atoms with E-state index in [1.807, 2.05) is 41.3 Å². The molecule has 1 aliphatic heterocycles. The average molecular weight is 404 g/mol. The van der Waals surface area contributed by atoms with Gasteiger partial charge < -0.3 is 19.4 Å². The van der Waals surface area contributed by atoms with Crippen molar-refractivity contribution in [3.05, 3.63) is 64.8 Å². The van der Waals surface area contributed by atoms with Crippen LogP contribution in [0.3, 0.4) is 0 Å². The van der Waals surface area contributed by atoms with Gasteiger partial charge in [-0.05, 0) is 61.2 Å². The summed E-state index contributed by atoms with van der Waals surface area (Å²) in [6.07, 6.45) is 3.26. The van der Waals surface area contributed by atoms with Gasteiger partial charge in [0, 0.05) is 47.2 Å². The molecular weight excluding hydrogens is 380 g/mol. The van der Waals surface area contributed by atoms with Crippen LogP contribution in [0.2, 0.25) is 0 Å². The molecule has 0 atom stereocenters. The Hall–Kier alpha value is -3.28. The van der Waals surface area contributed by atoms with Gasteiger partial charge in [0.1, 0.15) is 5.75 Å². The van der Waals surface area contributed by atoms with Crippen LogP contribution in [-0.2, 0) is 17.7 Å². The molecule has 2 heterocycles. The number of benzene rings is 2. The second-order valence-electron chi connectivity index (χ2n) is 8.09. The molecule has 2 aliphatic rings. The van der Waals surface area contributed by atoms with E-state index in [9.17, 15) is 9.59 Å². The first-order chi connectivity index (χ1) is 14.6. The number of hydrogen-bond donors (Lipinski definition) is 1. The number of carbonyl (C=O) groups excluding carboxylic acids is 2. The summed E-state index contributed by atoms with van der Waals surface area (Å²) in [6.45, 7) is 1.93. The number of fused-ring (bicyclic) bond motifs is 3. The highest BCUT2D eigenvalue weighted by molar-refractivity contribution is 5.97. The van der Waals surface area contributed by atoms with Crippen molar-refractivity contribution < 1.29 is 19.1 Å². The van der Waals surface area contributed by atoms with Gasteiger partial charge in [-0.15, -0.1) is 0 Å². The standard InChI is InChI=1S/C24H24N2O4/c1-29-24(28)17-6-9-21-19(12-17)20-13-26(11-10-22(20)25-21)23(27)16-4-7-18(8-5-16)30-14-15-2-3-15/h4-9,12,15,25H,2-3,10-11,13-14H2,1H3. The Kier molecular flexibility index (Phi) is 4.69. The molecule has 1 saturated carbocycles. The number of rotatable bonds is 5. The average Bonchev–Trinajstić information content (AvgIpc) is 3.55. The number of methoxy groups -OCH3 is 1. The van der Waals surface area contributed by atoms with Crippen molar-refractivity contribution in [1.29, 1.82) is 0 Å². The van der Waals surface area contributed by atoms with Gasteiger partial charge in [-0.25, -0.2) is 4.79 Å². The highest BCUT2D eigenvalue weighted by Crippen LogP contribution is 2.31. The SMILES string of the molecule is COC(=O)c1ccc2[nH]c3c(c2c1)CN(C(=O)c1ccc(OCC2CC2)cc1)CC3. The fraction of sp³-hybridized carbons (Fsp3) is 0.333. The van der Waals surface area contributed by atoms with Gasteiger partial charge in [-0.3, -0.25) is 4.79 Å². The van der Waals surface area contributed by atoms with Crippen LogP contribution >= 0.6 is 0 Å². The summed E-state index contributed by atoms with van der Waals surface area (Å²) in [5, 5.41) is 0.967. The number of hydrogen-bond acceptors (Lipinski definition) is 4. The van der Waals surface area contributed by atoms with Crippen LogP contribution in [0.5, 0.6) is 5.75 Å². The minimum atomic E-state index is -0.361. The smallest absolute Gasteiger partial charge is 0.337 e. The van der Waals surface area contributed by atoms with Crippen LogP contribution in [0, 0.1) is 5.92 Å². The number of aromatic nitrogens is 1. The molecule has 1 fully saturated rings. The normalized spacial score (nSPS) is 15.7. The molecule has 6 heteroatoms. The van der Waals surface area contributed by atoms with Crippen LogP contribution in [0.1, 0.15) is 44.8 Å². The minimum absolute atomic E-state index is 0.00728. The highest BCUT2D eigenvalue weighted by Gasteiger charge is 2.26. The largest absolute Gasteiger partial charge is 0.493 e. The van der Waals surface area contributed by atoms with Crippen molar-refractivity contribution in [3.8, 4) is 5.75 Å². The molecule has 0 unspecified atom stereocenters. The minimum Gasteiger partial charge on any atom is -0.493 e. The number of nitrogens with one attached hydrogen (secondary N) is 1. The first-order valence-electron chi connectivity index (χ1n) is 10.4. The van der Waals surface area contributed by atoms with Crippen molar-refractivity contribution in [2.24, 2.45) is 5.92 Å². The molecule has 1 N–H and O–H groups in total. The Morgan fingerprint density at radius 2 is 1.87 bits per heavy atom. The second kappa shape index (κ2) is 7.52. The monoisotopic (exact) mass is 404 g/mol. The molecule has 6 nitrogen and oxygen atoms in total. The molecule has 0 spiro atoms. The van der Waals surface area contributed by atoms with Crippen molar-refractivity contribution >= 4 is 22.8 Å². The Morgan fingerprint density at radius 1 is 1.10 bits per heavy atom. The third-order valence-electron chi connectivity index (χ3n) is 5.97. The number of amides is 1. The van der Waals surface area contributed by atoms with Crippen molar-refractivity contribution in [1.82, 2.24) is 9.88 Å². The fourth-order valence-electron chi connectivity index (χ4n) is 4.01. The molecule has 154 valence electrons. The van der Waals surface area contributed by atoms with Gasteiger partial charge in [0.2, 0.25) is 0 Å². The summed E-state index contributed by atoms with van der Waals surface area (Å²) in [7, 11) is 1.38. The third-order valence-corrected chi connectivity index (χ3v) is 5.97. The summed E-state index contributed by atoms with van der Waals surface area (Å²) in [6, 6.07) is 12.9. The first-order valence-corrected chi connectivity index (χ1v) is 10.4. The van der Waals surface area contributed by atoms with E-state index < -0.39 is 0 Å². The van der Waals surface area contributed by atoms with E-state index in [0.717, 1.165) is 40.9 Å². The Morgan fingerprint density at radius 3 is 2.60 bits per heavy atom. The number of nitrogens with zero attached hydrogens (tertiary/aromatic N) is 1. The van der Waals surface area contributed by atoms with Gasteiger partial charge >= 0.3 is 5.97 Å². The maximum atomic E-state index is 13.1. The van der Waals surface area contributed by atoms with Gasteiger partial charge in [-0.1, -0.05) is 0 Å². The number of ether oxygens (including phenoxy) is 2. The second-order valence-corrected chi connectivity index (χ2v) is 8.09. The number of esters is 1. The predicted octanol–water partition coefficient (Wildman–Crippen LogP) is 3.94. The van der Waals surface area contributed by atoms with Crippen LogP contribution in [0.15, 0.2) is 42.5 Å². The van der Waals surface area contributed by atoms with Gasteiger partial charge in [0.15, 0.2) is 0 Å². The molecule has 0 radical (unpaired) electrons. The zero-order valence-corrected chi connectivity index (χ0v) is 16.9. The number of carbonyl (C=O) groups is 2. The molecule has 5 rings (SSSR count). The van der Waals surface area contributed by atoms with Crippen LogP contribution in [0.4, 0.5) is 0 Å². The van der Waals surface area contributed by atoms with E-state index in [1.54, 1.807) is 6.07 Å². The van der Waals surface area contributed by atoms with Gasteiger partial charge in [0.05, 0.1) is 19.3 Å². The summed E-state index contributed by atoms with van der Waals surface area (Å²) in [4.78, 5) is 30.3. The van der Waals surface area contributed by atoms with Crippen LogP contribution < -0.4 is 4.74 Å². The van der Waals surface area contributed by atoms with Crippen molar-refractivity contribution in [2.75, 3.05) is 20.3 Å². The fourth-order valence-corrected chi connectivity index (χ4v) is 4.01. The van der Waals surface area contributed by atoms with E-state index >= 15 is 0 Å². The molecule has 1 aromatic heterocycles. The molecule has 30 heavy (non-hydrogen) atoms. The van der Waals surface area contributed by atoms with Gasteiger partial charge in [0.25, 0.3) is 5.91 Å². The Bertz CT molecular complexity index is 1110. The molecule has 1 aliphatic carbocycles. The molecule has 3 aromatic rings. The Labute approximate surface area is 174 Å². The van der Waals surface area contributed by atoms with E-state index in [4.69, 9.17) is 9.47 Å². The summed E-state index contributed by atoms with van der Waals surface area (Å²) >= 11 is 0. The first kappa shape index (κ1) is 18.7. The van der Waals surface area contributed by atoms with Crippen LogP contribution in [-0.4, -0.2) is 42.0 Å². The summed E-state index contributed by atoms with van der Waals surface area (Å²) < 4.78 is 10.6. The quantitative estimate of drug-likeness (QED) is 0.654. The zero-order chi connectivity index (χ0) is 20.7. The maximum absolute atomic E-state index is 13.1. The summed E-state index contributed by atoms with van der Waals surface area (Å²) in [5.74, 6) is 1.16. The van der Waals surface area contributed by atoms with Crippen LogP contribution in [0.25, 0.3) is 10.9 Å². The van der Waals surface area contributed by atoms with Crippen molar-refractivity contribution in [2.45, 2.75) is 25.8 Å². The van der Waals surface area contributed by atoms with Gasteiger partial charge in [-0.2, -0.15) is 0 Å². The number of H-pyrrole nitrogens is 1. The molecular formula is C24H24N2O4. The molecule has 2 aromatic carbocycles. The topological polar surface area (TPSA) is 71.6 Å². The number of aromatic amines is 1. The predicted molar refractivity (Wildman–Crippen MR) is 113 cm³/mol. The summed E-state index contributed by atoms with van der Waals surface area (Å²) in [5.41, 5.74) is 4.34. The van der Waals surface area contributed by atoms with E-state index in [-0.39, 0.29) is 11.9 Å². The zero-order valence-electron chi connectivity index (χ0n) is 16.9. The Balaban J connectivity index is 1.35. The third kappa shape index (κ3) is 3.54. The highest BCUT2D eigenvalue weighted by atomic mass is 16.5. The molecule has 1 amide bonds. The molecule has 0 bridgehead atoms. The van der Waals surface area contributed by atoms with Crippen molar-refractivity contribution in [3.63, 3.8) is 0 Å². The van der Waals surface area contributed by atoms with E-state index in [2.05, 4.69) is 4.98 Å². The lowest BCUT2D eigenvalue weighted by atomic mass is 10.0. The van der Waals surface area contributed by atoms with E-state index in [0.29, 0.717) is 30.1 Å². The lowest BCUT2D eigenvalue weighted by Crippen LogP contribution is -2.35. The maximum Gasteiger partial charge on any atom is 0.337 e. The lowest BCUT2D eigenvalue weighted by Gasteiger charge is -2.27. The molecule has 0 saturated heterocycles. The lowest BCUT2D eigenvalue weighted by molar-refractivity contribution is 0.0600. The van der Waals surface area contributed by atoms with E-state index in [1.165, 1.54) is 20.0 Å².